The SMILES string of the molecule is C/C=S1/N=C(CC(=O)OCC)Nc2ccccc21. The van der Waals surface area contributed by atoms with Gasteiger partial charge in [0.1, 0.15) is 12.3 Å². The first-order valence-corrected chi connectivity index (χ1v) is 7.11. The number of nitrogens with zero attached hydrogens (tertiary/aromatic N) is 1. The number of carbonyl (C=O) groups is 1. The lowest BCUT2D eigenvalue weighted by atomic mass is 10.3. The van der Waals surface area contributed by atoms with Gasteiger partial charge in [-0.25, -0.2) is 4.40 Å². The predicted molar refractivity (Wildman–Crippen MR) is 76.3 cm³/mol. The number of benzene rings is 1. The lowest BCUT2D eigenvalue weighted by Gasteiger charge is -2.20. The molecule has 5 heteroatoms. The molecule has 0 saturated heterocycles. The third-order valence-corrected chi connectivity index (χ3v) is 4.11. The highest BCUT2D eigenvalue weighted by Crippen LogP contribution is 2.37. The molecular formula is C13H16N2O2S. The molecule has 1 aliphatic rings. The summed E-state index contributed by atoms with van der Waals surface area (Å²) in [4.78, 5) is 12.6. The van der Waals surface area contributed by atoms with Gasteiger partial charge in [0, 0.05) is 4.90 Å². The molecule has 0 amide bonds. The van der Waals surface area contributed by atoms with E-state index in [4.69, 9.17) is 4.74 Å². The molecule has 1 atom stereocenters. The van der Waals surface area contributed by atoms with Crippen LogP contribution in [0.1, 0.15) is 20.3 Å². The number of rotatable bonds is 3. The zero-order chi connectivity index (χ0) is 13.0. The Morgan fingerprint density at radius 3 is 3.00 bits per heavy atom. The fraction of sp³-hybridized carbons (Fsp3) is 0.308. The minimum Gasteiger partial charge on any atom is -0.466 e. The summed E-state index contributed by atoms with van der Waals surface area (Å²) in [6, 6.07) is 8.01. The monoisotopic (exact) mass is 264 g/mol. The third-order valence-electron chi connectivity index (χ3n) is 2.44. The van der Waals surface area contributed by atoms with Gasteiger partial charge in [-0.1, -0.05) is 12.1 Å². The van der Waals surface area contributed by atoms with Gasteiger partial charge in [-0.3, -0.25) is 4.79 Å². The zero-order valence-corrected chi connectivity index (χ0v) is 11.3. The second-order valence-electron chi connectivity index (χ2n) is 3.69. The lowest BCUT2D eigenvalue weighted by molar-refractivity contribution is -0.141. The molecule has 1 heterocycles. The molecule has 1 unspecified atom stereocenters. The van der Waals surface area contributed by atoms with Gasteiger partial charge in [0.15, 0.2) is 0 Å². The Hall–Kier alpha value is -1.62. The summed E-state index contributed by atoms with van der Waals surface area (Å²) >= 11 is 0. The van der Waals surface area contributed by atoms with E-state index in [0.717, 1.165) is 10.6 Å². The number of hydrogen-bond acceptors (Lipinski definition) is 4. The second-order valence-corrected chi connectivity index (χ2v) is 5.41. The van der Waals surface area contributed by atoms with Crippen LogP contribution in [0, 0.1) is 0 Å². The van der Waals surface area contributed by atoms with Crippen molar-refractivity contribution in [2.45, 2.75) is 25.2 Å². The van der Waals surface area contributed by atoms with Crippen molar-refractivity contribution in [2.75, 3.05) is 11.9 Å². The average Bonchev–Trinajstić information content (AvgIpc) is 2.38. The molecule has 0 radical (unpaired) electrons. The van der Waals surface area contributed by atoms with Crippen LogP contribution in [0.25, 0.3) is 0 Å². The van der Waals surface area contributed by atoms with Gasteiger partial charge >= 0.3 is 5.97 Å². The van der Waals surface area contributed by atoms with Crippen LogP contribution < -0.4 is 5.32 Å². The first-order chi connectivity index (χ1) is 8.74. The van der Waals surface area contributed by atoms with Crippen LogP contribution in [0.15, 0.2) is 33.6 Å². The molecule has 0 spiro atoms. The summed E-state index contributed by atoms with van der Waals surface area (Å²) < 4.78 is 9.48. The van der Waals surface area contributed by atoms with Crippen molar-refractivity contribution in [3.8, 4) is 0 Å². The van der Waals surface area contributed by atoms with Gasteiger partial charge in [-0.05, 0) is 42.0 Å². The number of carbonyl (C=O) groups excluding carboxylic acids is 1. The van der Waals surface area contributed by atoms with E-state index in [-0.39, 0.29) is 23.1 Å². The Morgan fingerprint density at radius 1 is 1.50 bits per heavy atom. The molecule has 18 heavy (non-hydrogen) atoms. The molecule has 1 aromatic carbocycles. The maximum atomic E-state index is 11.5. The van der Waals surface area contributed by atoms with Crippen LogP contribution in [0.2, 0.25) is 0 Å². The van der Waals surface area contributed by atoms with E-state index < -0.39 is 0 Å². The van der Waals surface area contributed by atoms with Crippen molar-refractivity contribution in [3.63, 3.8) is 0 Å². The number of amidine groups is 1. The number of para-hydroxylation sites is 1. The normalized spacial score (nSPS) is 17.7. The zero-order valence-electron chi connectivity index (χ0n) is 10.5. The molecule has 0 aliphatic carbocycles. The molecule has 2 rings (SSSR count). The number of nitrogens with one attached hydrogen (secondary N) is 1. The van der Waals surface area contributed by atoms with E-state index in [2.05, 4.69) is 15.8 Å². The molecule has 4 nitrogen and oxygen atoms in total. The van der Waals surface area contributed by atoms with Gasteiger partial charge in [0.2, 0.25) is 0 Å². The van der Waals surface area contributed by atoms with Crippen LogP contribution in [0.5, 0.6) is 0 Å². The highest BCUT2D eigenvalue weighted by Gasteiger charge is 2.17. The largest absolute Gasteiger partial charge is 0.466 e. The number of fused-ring (bicyclic) bond motifs is 1. The topological polar surface area (TPSA) is 50.7 Å². The van der Waals surface area contributed by atoms with Crippen LogP contribution in [-0.2, 0) is 9.53 Å². The van der Waals surface area contributed by atoms with Crippen molar-refractivity contribution in [2.24, 2.45) is 4.40 Å². The van der Waals surface area contributed by atoms with Crippen molar-refractivity contribution >= 4 is 33.5 Å². The number of esters is 1. The summed E-state index contributed by atoms with van der Waals surface area (Å²) in [6.45, 7) is 4.18. The standard InChI is InChI=1S/C13H16N2O2S/c1-3-17-13(16)9-12-14-10-7-5-6-8-11(10)18(4-2)15-12/h4-8H,3,9H2,1-2H3,(H,14,15). The van der Waals surface area contributed by atoms with Crippen molar-refractivity contribution in [1.82, 2.24) is 0 Å². The quantitative estimate of drug-likeness (QED) is 0.674. The fourth-order valence-corrected chi connectivity index (χ4v) is 3.07. The minimum absolute atomic E-state index is 0.194. The van der Waals surface area contributed by atoms with E-state index in [1.807, 2.05) is 30.5 Å². The Labute approximate surface area is 109 Å². The first kappa shape index (κ1) is 12.8. The molecular weight excluding hydrogens is 248 g/mol. The van der Waals surface area contributed by atoms with Gasteiger partial charge in [-0.15, -0.1) is 0 Å². The summed E-state index contributed by atoms with van der Waals surface area (Å²) in [5.74, 6) is 0.427. The first-order valence-electron chi connectivity index (χ1n) is 5.86. The van der Waals surface area contributed by atoms with Crippen molar-refractivity contribution in [3.05, 3.63) is 24.3 Å². The minimum atomic E-state index is -0.284. The molecule has 1 aliphatic heterocycles. The molecule has 0 aromatic heterocycles. The molecule has 0 bridgehead atoms. The van der Waals surface area contributed by atoms with Crippen molar-refractivity contribution in [1.29, 1.82) is 0 Å². The molecule has 1 aromatic rings. The number of hydrogen-bond donors (Lipinski definition) is 1. The number of anilines is 1. The Morgan fingerprint density at radius 2 is 2.28 bits per heavy atom. The summed E-state index contributed by atoms with van der Waals surface area (Å²) in [5.41, 5.74) is 1.02. The van der Waals surface area contributed by atoms with Gasteiger partial charge in [0.05, 0.1) is 12.3 Å². The summed E-state index contributed by atoms with van der Waals surface area (Å²) in [5, 5.41) is 5.23. The number of ether oxygens (including phenoxy) is 1. The summed E-state index contributed by atoms with van der Waals surface area (Å²) in [7, 11) is -0.284. The fourth-order valence-electron chi connectivity index (χ4n) is 1.70. The smallest absolute Gasteiger partial charge is 0.313 e. The van der Waals surface area contributed by atoms with E-state index in [0.29, 0.717) is 12.4 Å². The summed E-state index contributed by atoms with van der Waals surface area (Å²) in [6.07, 6.45) is 0.194. The van der Waals surface area contributed by atoms with E-state index >= 15 is 0 Å². The predicted octanol–water partition coefficient (Wildman–Crippen LogP) is 2.83. The lowest BCUT2D eigenvalue weighted by Crippen LogP contribution is -2.20. The molecule has 96 valence electrons. The highest BCUT2D eigenvalue weighted by atomic mass is 32.2. The molecule has 0 fully saturated rings. The van der Waals surface area contributed by atoms with E-state index in [1.165, 1.54) is 0 Å². The molecule has 1 N–H and O–H groups in total. The molecule has 0 saturated carbocycles. The maximum absolute atomic E-state index is 11.5. The Balaban J connectivity index is 2.22. The van der Waals surface area contributed by atoms with Gasteiger partial charge < -0.3 is 10.1 Å². The van der Waals surface area contributed by atoms with Crippen LogP contribution in [0.4, 0.5) is 5.69 Å². The Bertz CT molecular complexity index is 523. The van der Waals surface area contributed by atoms with Crippen molar-refractivity contribution < 1.29 is 9.53 Å². The third kappa shape index (κ3) is 2.79. The maximum Gasteiger partial charge on any atom is 0.313 e. The Kier molecular flexibility index (Phi) is 4.15. The van der Waals surface area contributed by atoms with E-state index in [1.54, 1.807) is 6.92 Å². The average molecular weight is 264 g/mol. The van der Waals surface area contributed by atoms with E-state index in [9.17, 15) is 4.79 Å². The van der Waals surface area contributed by atoms with Gasteiger partial charge in [0.25, 0.3) is 0 Å². The van der Waals surface area contributed by atoms with Crippen LogP contribution in [-0.4, -0.2) is 23.8 Å². The highest BCUT2D eigenvalue weighted by molar-refractivity contribution is 8.14. The van der Waals surface area contributed by atoms with Crippen LogP contribution >= 0.6 is 10.7 Å². The second kappa shape index (κ2) is 5.82. The van der Waals surface area contributed by atoms with Gasteiger partial charge in [-0.2, -0.15) is 0 Å². The van der Waals surface area contributed by atoms with Crippen LogP contribution in [0.3, 0.4) is 0 Å².